The quantitative estimate of drug-likeness (QED) is 0.757. The van der Waals surface area contributed by atoms with Gasteiger partial charge in [0.15, 0.2) is 0 Å². The molecule has 0 aromatic carbocycles. The lowest BCUT2D eigenvalue weighted by Crippen LogP contribution is -2.59. The Balaban J connectivity index is 2.95. The molecule has 0 saturated carbocycles. The number of allylic oxidation sites excluding steroid dienone is 1. The predicted molar refractivity (Wildman–Crippen MR) is 81.7 cm³/mol. The van der Waals surface area contributed by atoms with Crippen molar-refractivity contribution >= 4 is 12.1 Å². The van der Waals surface area contributed by atoms with Crippen LogP contribution in [0.25, 0.3) is 0 Å². The van der Waals surface area contributed by atoms with E-state index in [-0.39, 0.29) is 24.7 Å². The molecule has 6 nitrogen and oxygen atoms in total. The SMILES string of the molecule is CCCN1C(=O)N(CCOC(C)C)C(=O)N(C)C1=C(C)C. The number of rotatable bonds is 6. The van der Waals surface area contributed by atoms with Crippen molar-refractivity contribution < 1.29 is 14.3 Å². The molecule has 1 fully saturated rings. The smallest absolute Gasteiger partial charge is 0.333 e. The van der Waals surface area contributed by atoms with Crippen molar-refractivity contribution in [3.05, 3.63) is 11.4 Å². The second-order valence-electron chi connectivity index (χ2n) is 5.67. The van der Waals surface area contributed by atoms with Crippen LogP contribution < -0.4 is 0 Å². The monoisotopic (exact) mass is 297 g/mol. The third kappa shape index (κ3) is 3.97. The molecule has 1 aliphatic rings. The summed E-state index contributed by atoms with van der Waals surface area (Å²) < 4.78 is 5.45. The van der Waals surface area contributed by atoms with E-state index in [4.69, 9.17) is 4.74 Å². The lowest BCUT2D eigenvalue weighted by atomic mass is 10.2. The van der Waals surface area contributed by atoms with Gasteiger partial charge in [0.25, 0.3) is 0 Å². The van der Waals surface area contributed by atoms with Crippen molar-refractivity contribution in [1.29, 1.82) is 0 Å². The zero-order valence-corrected chi connectivity index (χ0v) is 14.0. The summed E-state index contributed by atoms with van der Waals surface area (Å²) >= 11 is 0. The van der Waals surface area contributed by atoms with Crippen molar-refractivity contribution in [1.82, 2.24) is 14.7 Å². The molecule has 6 heteroatoms. The maximum atomic E-state index is 12.6. The number of imide groups is 1. The molecule has 0 unspecified atom stereocenters. The molecule has 0 radical (unpaired) electrons. The first-order valence-electron chi connectivity index (χ1n) is 7.47. The van der Waals surface area contributed by atoms with Gasteiger partial charge >= 0.3 is 12.1 Å². The topological polar surface area (TPSA) is 53.1 Å². The third-order valence-corrected chi connectivity index (χ3v) is 3.21. The van der Waals surface area contributed by atoms with Gasteiger partial charge in [-0.1, -0.05) is 6.92 Å². The third-order valence-electron chi connectivity index (χ3n) is 3.21. The molecule has 0 aromatic heterocycles. The van der Waals surface area contributed by atoms with Gasteiger partial charge in [-0.3, -0.25) is 9.80 Å². The second-order valence-corrected chi connectivity index (χ2v) is 5.67. The van der Waals surface area contributed by atoms with Gasteiger partial charge in [0.1, 0.15) is 5.82 Å². The van der Waals surface area contributed by atoms with Crippen LogP contribution in [0.3, 0.4) is 0 Å². The summed E-state index contributed by atoms with van der Waals surface area (Å²) in [5, 5.41) is 0. The van der Waals surface area contributed by atoms with Crippen LogP contribution in [0.4, 0.5) is 9.59 Å². The van der Waals surface area contributed by atoms with Crippen LogP contribution >= 0.6 is 0 Å². The van der Waals surface area contributed by atoms with Crippen LogP contribution in [0.15, 0.2) is 11.4 Å². The van der Waals surface area contributed by atoms with E-state index in [1.165, 1.54) is 4.90 Å². The Morgan fingerprint density at radius 1 is 1.10 bits per heavy atom. The molecule has 1 rings (SSSR count). The summed E-state index contributed by atoms with van der Waals surface area (Å²) in [5.41, 5.74) is 0.950. The zero-order valence-electron chi connectivity index (χ0n) is 14.0. The largest absolute Gasteiger partial charge is 0.377 e. The number of amides is 4. The molecule has 1 heterocycles. The van der Waals surface area contributed by atoms with Gasteiger partial charge in [0.2, 0.25) is 0 Å². The Labute approximate surface area is 127 Å². The van der Waals surface area contributed by atoms with E-state index < -0.39 is 0 Å². The standard InChI is InChI=1S/C15H27N3O3/c1-7-8-17-13(11(2)3)16(6)14(19)18(15(17)20)9-10-21-12(4)5/h12H,7-10H2,1-6H3. The van der Waals surface area contributed by atoms with E-state index in [1.54, 1.807) is 16.8 Å². The van der Waals surface area contributed by atoms with Crippen LogP contribution in [0, 0.1) is 0 Å². The average molecular weight is 297 g/mol. The first-order valence-corrected chi connectivity index (χ1v) is 7.47. The normalized spacial score (nSPS) is 16.3. The number of carbonyl (C=O) groups is 2. The fraction of sp³-hybridized carbons (Fsp3) is 0.733. The first-order chi connectivity index (χ1) is 9.81. The fourth-order valence-electron chi connectivity index (χ4n) is 2.37. The molecule has 0 N–H and O–H groups in total. The molecule has 1 saturated heterocycles. The minimum Gasteiger partial charge on any atom is -0.377 e. The van der Waals surface area contributed by atoms with Crippen molar-refractivity contribution in [3.8, 4) is 0 Å². The molecule has 0 atom stereocenters. The summed E-state index contributed by atoms with van der Waals surface area (Å²) in [6.45, 7) is 10.9. The number of ether oxygens (including phenoxy) is 1. The molecule has 0 bridgehead atoms. The first kappa shape index (κ1) is 17.5. The lowest BCUT2D eigenvalue weighted by Gasteiger charge is -2.42. The van der Waals surface area contributed by atoms with Crippen LogP contribution in [0.1, 0.15) is 41.0 Å². The number of urea groups is 2. The van der Waals surface area contributed by atoms with Gasteiger partial charge < -0.3 is 4.74 Å². The molecular weight excluding hydrogens is 270 g/mol. The summed E-state index contributed by atoms with van der Waals surface area (Å²) in [7, 11) is 1.70. The predicted octanol–water partition coefficient (Wildman–Crippen LogP) is 2.86. The summed E-state index contributed by atoms with van der Waals surface area (Å²) in [5.74, 6) is 0.688. The highest BCUT2D eigenvalue weighted by atomic mass is 16.5. The van der Waals surface area contributed by atoms with E-state index >= 15 is 0 Å². The molecule has 120 valence electrons. The molecule has 0 aromatic rings. The van der Waals surface area contributed by atoms with E-state index in [0.717, 1.165) is 12.0 Å². The van der Waals surface area contributed by atoms with Crippen molar-refractivity contribution in [2.45, 2.75) is 47.1 Å². The van der Waals surface area contributed by atoms with Gasteiger partial charge in [-0.15, -0.1) is 0 Å². The maximum Gasteiger partial charge on any atom is 0.333 e. The van der Waals surface area contributed by atoms with Crippen molar-refractivity contribution in [2.75, 3.05) is 26.7 Å². The van der Waals surface area contributed by atoms with Gasteiger partial charge in [-0.2, -0.15) is 0 Å². The minimum absolute atomic E-state index is 0.0813. The molecule has 4 amide bonds. The molecule has 1 aliphatic heterocycles. The van der Waals surface area contributed by atoms with Gasteiger partial charge in [-0.05, 0) is 39.7 Å². The van der Waals surface area contributed by atoms with Crippen LogP contribution in [-0.2, 0) is 4.74 Å². The van der Waals surface area contributed by atoms with Crippen molar-refractivity contribution in [3.63, 3.8) is 0 Å². The van der Waals surface area contributed by atoms with Crippen LogP contribution in [-0.4, -0.2) is 59.6 Å². The lowest BCUT2D eigenvalue weighted by molar-refractivity contribution is 0.0565. The molecule has 0 spiro atoms. The average Bonchev–Trinajstić information content (AvgIpc) is 2.39. The Hall–Kier alpha value is -1.56. The van der Waals surface area contributed by atoms with Gasteiger partial charge in [-0.25, -0.2) is 14.5 Å². The van der Waals surface area contributed by atoms with Crippen LogP contribution in [0.2, 0.25) is 0 Å². The Bertz CT molecular complexity index is 428. The summed E-state index contributed by atoms with van der Waals surface area (Å²) in [6.07, 6.45) is 0.916. The number of nitrogens with zero attached hydrogens (tertiary/aromatic N) is 3. The Kier molecular flexibility index (Phi) is 6.20. The van der Waals surface area contributed by atoms with E-state index in [9.17, 15) is 9.59 Å². The minimum atomic E-state index is -0.295. The second kappa shape index (κ2) is 7.45. The fourth-order valence-corrected chi connectivity index (χ4v) is 2.37. The number of hydrogen-bond donors (Lipinski definition) is 0. The Morgan fingerprint density at radius 2 is 1.71 bits per heavy atom. The van der Waals surface area contributed by atoms with Gasteiger partial charge in [0.05, 0.1) is 19.3 Å². The summed E-state index contributed by atoms with van der Waals surface area (Å²) in [4.78, 5) is 29.4. The van der Waals surface area contributed by atoms with Crippen molar-refractivity contribution in [2.24, 2.45) is 0 Å². The Morgan fingerprint density at radius 3 is 2.19 bits per heavy atom. The summed E-state index contributed by atoms with van der Waals surface area (Å²) in [6, 6.07) is -0.556. The van der Waals surface area contributed by atoms with E-state index in [0.29, 0.717) is 19.0 Å². The van der Waals surface area contributed by atoms with Crippen LogP contribution in [0.5, 0.6) is 0 Å². The number of hydrogen-bond acceptors (Lipinski definition) is 3. The van der Waals surface area contributed by atoms with Gasteiger partial charge in [0, 0.05) is 13.6 Å². The van der Waals surface area contributed by atoms with E-state index in [2.05, 4.69) is 0 Å². The highest BCUT2D eigenvalue weighted by Gasteiger charge is 2.38. The molecule has 21 heavy (non-hydrogen) atoms. The highest BCUT2D eigenvalue weighted by molar-refractivity contribution is 5.98. The molecular formula is C15H27N3O3. The molecule has 0 aliphatic carbocycles. The highest BCUT2D eigenvalue weighted by Crippen LogP contribution is 2.24. The maximum absolute atomic E-state index is 12.6. The zero-order chi connectivity index (χ0) is 16.2. The van der Waals surface area contributed by atoms with E-state index in [1.807, 2.05) is 34.6 Å². The number of carbonyl (C=O) groups excluding carboxylic acids is 2.